The largest absolute Gasteiger partial charge is 0.497 e. The average molecular weight is 356 g/mol. The summed E-state index contributed by atoms with van der Waals surface area (Å²) in [6, 6.07) is 9.27. The van der Waals surface area contributed by atoms with E-state index in [1.807, 2.05) is 0 Å². The maximum Gasteiger partial charge on any atom is 0.141 e. The van der Waals surface area contributed by atoms with Crippen LogP contribution in [0.4, 0.5) is 4.39 Å². The molecule has 0 unspecified atom stereocenters. The second kappa shape index (κ2) is 6.19. The number of thiocarbonyl (C=S) groups is 1. The van der Waals surface area contributed by atoms with Crippen molar-refractivity contribution >= 4 is 33.1 Å². The molecule has 20 heavy (non-hydrogen) atoms. The molecule has 0 saturated heterocycles. The van der Waals surface area contributed by atoms with E-state index in [1.165, 1.54) is 18.2 Å². The molecular weight excluding hydrogens is 345 g/mol. The van der Waals surface area contributed by atoms with Crippen LogP contribution in [0.3, 0.4) is 0 Å². The molecule has 2 aromatic carbocycles. The van der Waals surface area contributed by atoms with Crippen molar-refractivity contribution in [2.75, 3.05) is 7.11 Å². The molecule has 0 aromatic heterocycles. The fourth-order valence-corrected chi connectivity index (χ4v) is 2.19. The van der Waals surface area contributed by atoms with Crippen LogP contribution in [0.15, 0.2) is 40.9 Å². The Labute approximate surface area is 129 Å². The molecule has 0 atom stereocenters. The number of hydrogen-bond acceptors (Lipinski definition) is 3. The number of rotatable bonds is 4. The van der Waals surface area contributed by atoms with Gasteiger partial charge in [0.2, 0.25) is 0 Å². The topological polar surface area (TPSA) is 44.5 Å². The average Bonchev–Trinajstić information content (AvgIpc) is 2.42. The van der Waals surface area contributed by atoms with E-state index in [9.17, 15) is 4.39 Å². The molecule has 0 amide bonds. The van der Waals surface area contributed by atoms with Crippen molar-refractivity contribution in [3.05, 3.63) is 52.3 Å². The summed E-state index contributed by atoms with van der Waals surface area (Å²) in [5.74, 6) is 1.21. The van der Waals surface area contributed by atoms with Crippen LogP contribution in [-0.4, -0.2) is 12.1 Å². The highest BCUT2D eigenvalue weighted by molar-refractivity contribution is 9.10. The van der Waals surface area contributed by atoms with E-state index in [-0.39, 0.29) is 4.99 Å². The van der Waals surface area contributed by atoms with E-state index in [0.717, 1.165) is 0 Å². The van der Waals surface area contributed by atoms with Crippen LogP contribution in [0.1, 0.15) is 5.56 Å². The highest BCUT2D eigenvalue weighted by Crippen LogP contribution is 2.34. The predicted octanol–water partition coefficient (Wildman–Crippen LogP) is 4.02. The first-order valence-electron chi connectivity index (χ1n) is 5.62. The molecule has 2 rings (SSSR count). The predicted molar refractivity (Wildman–Crippen MR) is 83.1 cm³/mol. The second-order valence-corrected chi connectivity index (χ2v) is 5.20. The summed E-state index contributed by atoms with van der Waals surface area (Å²) in [5, 5.41) is 0. The Kier molecular flexibility index (Phi) is 4.57. The van der Waals surface area contributed by atoms with Crippen molar-refractivity contribution in [3.8, 4) is 17.2 Å². The van der Waals surface area contributed by atoms with E-state index in [1.54, 1.807) is 25.3 Å². The smallest absolute Gasteiger partial charge is 0.141 e. The highest BCUT2D eigenvalue weighted by atomic mass is 79.9. The number of benzene rings is 2. The first-order chi connectivity index (χ1) is 9.51. The molecule has 0 saturated carbocycles. The Bertz CT molecular complexity index is 664. The van der Waals surface area contributed by atoms with Gasteiger partial charge < -0.3 is 15.2 Å². The fraction of sp³-hybridized carbons (Fsp3) is 0.0714. The number of methoxy groups -OCH3 is 1. The van der Waals surface area contributed by atoms with Gasteiger partial charge in [0.1, 0.15) is 28.1 Å². The summed E-state index contributed by atoms with van der Waals surface area (Å²) in [4.78, 5) is 0.0733. The van der Waals surface area contributed by atoms with Crippen molar-refractivity contribution in [1.82, 2.24) is 0 Å². The molecule has 0 fully saturated rings. The second-order valence-electron chi connectivity index (χ2n) is 3.90. The lowest BCUT2D eigenvalue weighted by atomic mass is 10.2. The van der Waals surface area contributed by atoms with Crippen LogP contribution < -0.4 is 15.2 Å². The van der Waals surface area contributed by atoms with E-state index in [0.29, 0.717) is 27.3 Å². The van der Waals surface area contributed by atoms with Gasteiger partial charge in [0.15, 0.2) is 0 Å². The van der Waals surface area contributed by atoms with Gasteiger partial charge in [-0.05, 0) is 52.3 Å². The molecular formula is C14H11BrFNO2S. The Morgan fingerprint density at radius 2 is 1.90 bits per heavy atom. The number of ether oxygens (including phenoxy) is 2. The van der Waals surface area contributed by atoms with Crippen molar-refractivity contribution in [3.63, 3.8) is 0 Å². The third-order valence-corrected chi connectivity index (χ3v) is 3.41. The molecule has 0 aliphatic heterocycles. The molecule has 0 aliphatic carbocycles. The Morgan fingerprint density at radius 3 is 2.50 bits per heavy atom. The maximum atomic E-state index is 13.2. The lowest BCUT2D eigenvalue weighted by Gasteiger charge is -2.12. The van der Waals surface area contributed by atoms with Crippen molar-refractivity contribution in [2.24, 2.45) is 5.73 Å². The molecule has 0 heterocycles. The number of halogens is 2. The minimum atomic E-state index is -0.422. The lowest BCUT2D eigenvalue weighted by Crippen LogP contribution is -2.11. The minimum Gasteiger partial charge on any atom is -0.497 e. The maximum absolute atomic E-state index is 13.2. The zero-order valence-corrected chi connectivity index (χ0v) is 12.9. The van der Waals surface area contributed by atoms with E-state index in [4.69, 9.17) is 27.4 Å². The normalized spacial score (nSPS) is 10.2. The van der Waals surface area contributed by atoms with Crippen molar-refractivity contribution < 1.29 is 13.9 Å². The SMILES string of the molecule is COc1ccc(Oc2ccc(F)cc2C(N)=S)c(Br)c1. The molecule has 0 bridgehead atoms. The molecule has 0 spiro atoms. The molecule has 0 aliphatic rings. The third-order valence-electron chi connectivity index (χ3n) is 2.57. The van der Waals surface area contributed by atoms with Gasteiger partial charge in [-0.1, -0.05) is 12.2 Å². The van der Waals surface area contributed by atoms with Gasteiger partial charge in [0.05, 0.1) is 17.1 Å². The summed E-state index contributed by atoms with van der Waals surface area (Å²) in [6.45, 7) is 0. The van der Waals surface area contributed by atoms with E-state index < -0.39 is 5.82 Å². The number of hydrogen-bond donors (Lipinski definition) is 1. The Balaban J connectivity index is 2.37. The summed E-state index contributed by atoms with van der Waals surface area (Å²) in [7, 11) is 1.58. The van der Waals surface area contributed by atoms with Gasteiger partial charge in [-0.25, -0.2) is 4.39 Å². The van der Waals surface area contributed by atoms with E-state index >= 15 is 0 Å². The zero-order valence-electron chi connectivity index (χ0n) is 10.5. The standard InChI is InChI=1S/C14H11BrFNO2S/c1-18-9-3-5-13(11(15)7-9)19-12-4-2-8(16)6-10(12)14(17)20/h2-7H,1H3,(H2,17,20). The quantitative estimate of drug-likeness (QED) is 0.841. The zero-order chi connectivity index (χ0) is 14.7. The third kappa shape index (κ3) is 3.26. The Hall–Kier alpha value is -1.66. The Morgan fingerprint density at radius 1 is 1.20 bits per heavy atom. The van der Waals surface area contributed by atoms with Crippen molar-refractivity contribution in [1.29, 1.82) is 0 Å². The van der Waals surface area contributed by atoms with Crippen molar-refractivity contribution in [2.45, 2.75) is 0 Å². The molecule has 2 N–H and O–H groups in total. The van der Waals surface area contributed by atoms with Crippen LogP contribution in [0.25, 0.3) is 0 Å². The van der Waals surface area contributed by atoms with Gasteiger partial charge in [-0.15, -0.1) is 0 Å². The van der Waals surface area contributed by atoms with Gasteiger partial charge in [0, 0.05) is 0 Å². The first kappa shape index (κ1) is 14.7. The van der Waals surface area contributed by atoms with Crippen LogP contribution in [-0.2, 0) is 0 Å². The van der Waals surface area contributed by atoms with Crippen LogP contribution in [0, 0.1) is 5.82 Å². The fourth-order valence-electron chi connectivity index (χ4n) is 1.59. The van der Waals surface area contributed by atoms with Crippen LogP contribution in [0.5, 0.6) is 17.2 Å². The van der Waals surface area contributed by atoms with E-state index in [2.05, 4.69) is 15.9 Å². The minimum absolute atomic E-state index is 0.0733. The molecule has 3 nitrogen and oxygen atoms in total. The summed E-state index contributed by atoms with van der Waals surface area (Å²) in [5.41, 5.74) is 5.92. The van der Waals surface area contributed by atoms with Crippen LogP contribution in [0.2, 0.25) is 0 Å². The van der Waals surface area contributed by atoms with Gasteiger partial charge in [-0.3, -0.25) is 0 Å². The summed E-state index contributed by atoms with van der Waals surface area (Å²) >= 11 is 8.28. The summed E-state index contributed by atoms with van der Waals surface area (Å²) in [6.07, 6.45) is 0. The summed E-state index contributed by atoms with van der Waals surface area (Å²) < 4.78 is 24.8. The highest BCUT2D eigenvalue weighted by Gasteiger charge is 2.11. The molecule has 6 heteroatoms. The number of nitrogens with two attached hydrogens (primary N) is 1. The van der Waals surface area contributed by atoms with Gasteiger partial charge >= 0.3 is 0 Å². The lowest BCUT2D eigenvalue weighted by molar-refractivity contribution is 0.412. The first-order valence-corrected chi connectivity index (χ1v) is 6.82. The molecule has 104 valence electrons. The molecule has 0 radical (unpaired) electrons. The van der Waals surface area contributed by atoms with Crippen LogP contribution >= 0.6 is 28.1 Å². The molecule has 2 aromatic rings. The van der Waals surface area contributed by atoms with Gasteiger partial charge in [-0.2, -0.15) is 0 Å². The van der Waals surface area contributed by atoms with Gasteiger partial charge in [0.25, 0.3) is 0 Å². The monoisotopic (exact) mass is 355 g/mol.